The maximum Gasteiger partial charge on any atom is 0.407 e. The zero-order chi connectivity index (χ0) is 10.6. The Bertz CT molecular complexity index is 272. The number of ether oxygens (including phenoxy) is 1. The highest BCUT2D eigenvalue weighted by Gasteiger charge is 2.18. The van der Waals surface area contributed by atoms with Crippen LogP contribution in [0.1, 0.15) is 12.8 Å². The number of nitrogens with zero attached hydrogens (tertiary/aromatic N) is 1. The average molecular weight is 199 g/mol. The molecule has 0 aromatic heterocycles. The summed E-state index contributed by atoms with van der Waals surface area (Å²) in [7, 11) is 1.30. The van der Waals surface area contributed by atoms with Crippen LogP contribution < -0.4 is 0 Å². The number of esters is 1. The van der Waals surface area contributed by atoms with Crippen molar-refractivity contribution in [2.45, 2.75) is 12.8 Å². The van der Waals surface area contributed by atoms with Gasteiger partial charge in [0, 0.05) is 19.2 Å². The van der Waals surface area contributed by atoms with E-state index in [1.165, 1.54) is 18.1 Å². The van der Waals surface area contributed by atoms with E-state index < -0.39 is 12.1 Å². The molecular formula is C9H13NO4. The van der Waals surface area contributed by atoms with Crippen molar-refractivity contribution in [2.24, 2.45) is 0 Å². The van der Waals surface area contributed by atoms with Crippen molar-refractivity contribution in [2.75, 3.05) is 20.2 Å². The van der Waals surface area contributed by atoms with Gasteiger partial charge in [-0.05, 0) is 18.4 Å². The SMILES string of the molecule is COC(=O)/C=C1/CCCN(C(=O)O)C1. The molecular weight excluding hydrogens is 186 g/mol. The molecule has 1 N–H and O–H groups in total. The first kappa shape index (κ1) is 10.6. The van der Waals surface area contributed by atoms with Crippen LogP contribution in [0.5, 0.6) is 0 Å². The maximum absolute atomic E-state index is 10.9. The van der Waals surface area contributed by atoms with Gasteiger partial charge in [0.25, 0.3) is 0 Å². The average Bonchev–Trinajstić information content (AvgIpc) is 2.18. The molecule has 1 aliphatic heterocycles. The van der Waals surface area contributed by atoms with Crippen molar-refractivity contribution in [3.8, 4) is 0 Å². The van der Waals surface area contributed by atoms with Crippen LogP contribution in [0.2, 0.25) is 0 Å². The molecule has 5 heteroatoms. The van der Waals surface area contributed by atoms with E-state index in [0.717, 1.165) is 18.4 Å². The summed E-state index contributed by atoms with van der Waals surface area (Å²) in [5, 5.41) is 8.73. The molecule has 0 radical (unpaired) electrons. The van der Waals surface area contributed by atoms with Gasteiger partial charge >= 0.3 is 12.1 Å². The molecule has 1 rings (SSSR count). The van der Waals surface area contributed by atoms with Crippen molar-refractivity contribution in [1.82, 2.24) is 4.90 Å². The third-order valence-electron chi connectivity index (χ3n) is 2.11. The summed E-state index contributed by atoms with van der Waals surface area (Å²) < 4.78 is 4.47. The summed E-state index contributed by atoms with van der Waals surface area (Å²) in [6.45, 7) is 0.846. The minimum absolute atomic E-state index is 0.310. The summed E-state index contributed by atoms with van der Waals surface area (Å²) in [5.41, 5.74) is 0.811. The monoisotopic (exact) mass is 199 g/mol. The molecule has 0 saturated carbocycles. The Balaban J connectivity index is 2.60. The Morgan fingerprint density at radius 1 is 1.57 bits per heavy atom. The molecule has 0 aromatic rings. The summed E-state index contributed by atoms with van der Waals surface area (Å²) in [6, 6.07) is 0. The maximum atomic E-state index is 10.9. The number of carboxylic acid groups (broad SMARTS) is 1. The molecule has 1 saturated heterocycles. The zero-order valence-electron chi connectivity index (χ0n) is 8.02. The van der Waals surface area contributed by atoms with Gasteiger partial charge in [-0.2, -0.15) is 0 Å². The van der Waals surface area contributed by atoms with Crippen LogP contribution in [0.4, 0.5) is 4.79 Å². The highest BCUT2D eigenvalue weighted by atomic mass is 16.5. The van der Waals surface area contributed by atoms with Gasteiger partial charge in [-0.1, -0.05) is 0 Å². The molecule has 1 amide bonds. The number of carbonyl (C=O) groups is 2. The molecule has 0 aromatic carbocycles. The van der Waals surface area contributed by atoms with Gasteiger partial charge in [0.15, 0.2) is 0 Å². The predicted molar refractivity (Wildman–Crippen MR) is 48.9 cm³/mol. The standard InChI is InChI=1S/C9H13NO4/c1-14-8(11)5-7-3-2-4-10(6-7)9(12)13/h5H,2-4,6H2,1H3,(H,12,13)/b7-5-. The second-order valence-corrected chi connectivity index (χ2v) is 3.13. The summed E-state index contributed by atoms with van der Waals surface area (Å²) in [5.74, 6) is -0.424. The van der Waals surface area contributed by atoms with E-state index in [4.69, 9.17) is 5.11 Å². The topological polar surface area (TPSA) is 66.8 Å². The number of methoxy groups -OCH3 is 1. The van der Waals surface area contributed by atoms with Crippen molar-refractivity contribution in [3.63, 3.8) is 0 Å². The molecule has 0 aliphatic carbocycles. The normalized spacial score (nSPS) is 19.5. The van der Waals surface area contributed by atoms with Gasteiger partial charge in [-0.25, -0.2) is 9.59 Å². The van der Waals surface area contributed by atoms with Gasteiger partial charge < -0.3 is 14.7 Å². The van der Waals surface area contributed by atoms with Crippen LogP contribution >= 0.6 is 0 Å². The molecule has 78 valence electrons. The quantitative estimate of drug-likeness (QED) is 0.502. The fourth-order valence-electron chi connectivity index (χ4n) is 1.41. The fraction of sp³-hybridized carbons (Fsp3) is 0.556. The van der Waals surface area contributed by atoms with Crippen LogP contribution in [-0.2, 0) is 9.53 Å². The van der Waals surface area contributed by atoms with Crippen molar-refractivity contribution >= 4 is 12.1 Å². The molecule has 1 aliphatic rings. The second-order valence-electron chi connectivity index (χ2n) is 3.13. The number of piperidine rings is 1. The van der Waals surface area contributed by atoms with Crippen LogP contribution in [0.3, 0.4) is 0 Å². The van der Waals surface area contributed by atoms with E-state index >= 15 is 0 Å². The fourth-order valence-corrected chi connectivity index (χ4v) is 1.41. The van der Waals surface area contributed by atoms with Crippen LogP contribution in [0.25, 0.3) is 0 Å². The first-order valence-corrected chi connectivity index (χ1v) is 4.38. The second kappa shape index (κ2) is 4.64. The van der Waals surface area contributed by atoms with E-state index in [2.05, 4.69) is 4.74 Å². The smallest absolute Gasteiger partial charge is 0.407 e. The Kier molecular flexibility index (Phi) is 3.50. The Morgan fingerprint density at radius 3 is 2.86 bits per heavy atom. The van der Waals surface area contributed by atoms with E-state index in [0.29, 0.717) is 13.1 Å². The van der Waals surface area contributed by atoms with Crippen molar-refractivity contribution in [1.29, 1.82) is 0 Å². The van der Waals surface area contributed by atoms with Crippen LogP contribution in [0.15, 0.2) is 11.6 Å². The van der Waals surface area contributed by atoms with Crippen LogP contribution in [-0.4, -0.2) is 42.3 Å². The largest absolute Gasteiger partial charge is 0.466 e. The molecule has 0 bridgehead atoms. The Morgan fingerprint density at radius 2 is 2.29 bits per heavy atom. The molecule has 0 spiro atoms. The van der Waals surface area contributed by atoms with E-state index in [1.54, 1.807) is 0 Å². The number of rotatable bonds is 1. The first-order chi connectivity index (χ1) is 6.63. The number of hydrogen-bond donors (Lipinski definition) is 1. The highest BCUT2D eigenvalue weighted by Crippen LogP contribution is 2.15. The van der Waals surface area contributed by atoms with Gasteiger partial charge in [-0.15, -0.1) is 0 Å². The molecule has 5 nitrogen and oxygen atoms in total. The van der Waals surface area contributed by atoms with Gasteiger partial charge in [-0.3, -0.25) is 0 Å². The minimum atomic E-state index is -0.944. The van der Waals surface area contributed by atoms with E-state index in [-0.39, 0.29) is 0 Å². The number of amides is 1. The number of hydrogen-bond acceptors (Lipinski definition) is 3. The lowest BCUT2D eigenvalue weighted by Gasteiger charge is -2.25. The molecule has 0 unspecified atom stereocenters. The molecule has 0 atom stereocenters. The molecule has 1 fully saturated rings. The van der Waals surface area contributed by atoms with Gasteiger partial charge in [0.1, 0.15) is 0 Å². The lowest BCUT2D eigenvalue weighted by Crippen LogP contribution is -2.35. The van der Waals surface area contributed by atoms with Gasteiger partial charge in [0.05, 0.1) is 7.11 Å². The number of carbonyl (C=O) groups excluding carboxylic acids is 1. The summed E-state index contributed by atoms with van der Waals surface area (Å²) >= 11 is 0. The predicted octanol–water partition coefficient (Wildman–Crippen LogP) is 0.860. The van der Waals surface area contributed by atoms with E-state index in [9.17, 15) is 9.59 Å². The third-order valence-corrected chi connectivity index (χ3v) is 2.11. The van der Waals surface area contributed by atoms with Crippen molar-refractivity contribution in [3.05, 3.63) is 11.6 Å². The molecule has 1 heterocycles. The lowest BCUT2D eigenvalue weighted by atomic mass is 10.1. The minimum Gasteiger partial charge on any atom is -0.466 e. The third kappa shape index (κ3) is 2.76. The van der Waals surface area contributed by atoms with Gasteiger partial charge in [0.2, 0.25) is 0 Å². The Hall–Kier alpha value is -1.52. The zero-order valence-corrected chi connectivity index (χ0v) is 8.02. The van der Waals surface area contributed by atoms with E-state index in [1.807, 2.05) is 0 Å². The highest BCUT2D eigenvalue weighted by molar-refractivity contribution is 5.82. The lowest BCUT2D eigenvalue weighted by molar-refractivity contribution is -0.134. The number of likely N-dealkylation sites (tertiary alicyclic amines) is 1. The van der Waals surface area contributed by atoms with Crippen LogP contribution in [0, 0.1) is 0 Å². The first-order valence-electron chi connectivity index (χ1n) is 4.38. The van der Waals surface area contributed by atoms with Crippen molar-refractivity contribution < 1.29 is 19.4 Å². The Labute approximate surface area is 82.0 Å². The summed E-state index contributed by atoms with van der Waals surface area (Å²) in [6.07, 6.45) is 1.95. The molecule has 14 heavy (non-hydrogen) atoms. The summed E-state index contributed by atoms with van der Waals surface area (Å²) in [4.78, 5) is 22.8.